The van der Waals surface area contributed by atoms with Crippen LogP contribution in [0.1, 0.15) is 6.42 Å². The summed E-state index contributed by atoms with van der Waals surface area (Å²) >= 11 is 0. The zero-order chi connectivity index (χ0) is 7.78. The van der Waals surface area contributed by atoms with Crippen molar-refractivity contribution < 1.29 is 22.3 Å². The number of ether oxygens (including phenoxy) is 1. The molecule has 0 N–H and O–H groups in total. The van der Waals surface area contributed by atoms with E-state index in [-0.39, 0.29) is 6.61 Å². The number of epoxide rings is 1. The summed E-state index contributed by atoms with van der Waals surface area (Å²) in [5.74, 6) is -3.96. The molecule has 1 rings (SSSR count). The second kappa shape index (κ2) is 2.38. The van der Waals surface area contributed by atoms with Crippen molar-refractivity contribution in [3.05, 3.63) is 6.43 Å². The van der Waals surface area contributed by atoms with Gasteiger partial charge >= 0.3 is 12.3 Å². The first kappa shape index (κ1) is 7.78. The number of alkyl halides is 2. The van der Waals surface area contributed by atoms with Crippen LogP contribution in [-0.2, 0) is 4.74 Å². The molecule has 59 valence electrons. The van der Waals surface area contributed by atoms with Crippen molar-refractivity contribution in [2.45, 2.75) is 18.4 Å². The fourth-order valence-electron chi connectivity index (χ4n) is 0.549. The first-order valence-corrected chi connectivity index (χ1v) is 2.70. The highest BCUT2D eigenvalue weighted by atomic mass is 19.3. The highest BCUT2D eigenvalue weighted by Crippen LogP contribution is 2.36. The van der Waals surface area contributed by atoms with Crippen molar-refractivity contribution >= 4 is 0 Å². The summed E-state index contributed by atoms with van der Waals surface area (Å²) in [6.45, 7) is 0.170. The van der Waals surface area contributed by atoms with Crippen molar-refractivity contribution in [3.63, 3.8) is 0 Å². The molecule has 1 fully saturated rings. The van der Waals surface area contributed by atoms with Gasteiger partial charge in [0.15, 0.2) is 0 Å². The lowest BCUT2D eigenvalue weighted by molar-refractivity contribution is -0.0697. The Bertz CT molecular complexity index is 121. The van der Waals surface area contributed by atoms with Gasteiger partial charge < -0.3 is 4.74 Å². The van der Waals surface area contributed by atoms with Gasteiger partial charge in [0.25, 0.3) is 0 Å². The summed E-state index contributed by atoms with van der Waals surface area (Å²) in [6.07, 6.45) is -4.39. The Morgan fingerprint density at radius 3 is 2.30 bits per heavy atom. The van der Waals surface area contributed by atoms with Gasteiger partial charge in [0.2, 0.25) is 0 Å². The molecule has 1 saturated heterocycles. The van der Waals surface area contributed by atoms with E-state index in [0.717, 1.165) is 0 Å². The predicted molar refractivity (Wildman–Crippen MR) is 24.8 cm³/mol. The lowest BCUT2D eigenvalue weighted by Crippen LogP contribution is -2.22. The van der Waals surface area contributed by atoms with Gasteiger partial charge in [-0.2, -0.15) is 17.6 Å². The molecule has 0 saturated carbocycles. The minimum absolute atomic E-state index is 0.170. The molecule has 0 aromatic heterocycles. The molecule has 10 heavy (non-hydrogen) atoms. The molecular formula is C5H5F4O. The monoisotopic (exact) mass is 157 g/mol. The lowest BCUT2D eigenvalue weighted by atomic mass is 10.2. The van der Waals surface area contributed by atoms with Gasteiger partial charge in [-0.25, -0.2) is 0 Å². The second-order valence-corrected chi connectivity index (χ2v) is 2.12. The second-order valence-electron chi connectivity index (χ2n) is 2.12. The van der Waals surface area contributed by atoms with Crippen molar-refractivity contribution in [3.8, 4) is 0 Å². The van der Waals surface area contributed by atoms with Gasteiger partial charge in [0.05, 0.1) is 12.7 Å². The van der Waals surface area contributed by atoms with Gasteiger partial charge in [-0.3, -0.25) is 0 Å². The molecule has 0 spiro atoms. The van der Waals surface area contributed by atoms with E-state index < -0.39 is 24.9 Å². The third kappa shape index (κ3) is 1.83. The van der Waals surface area contributed by atoms with Crippen molar-refractivity contribution in [1.82, 2.24) is 0 Å². The summed E-state index contributed by atoms with van der Waals surface area (Å²) in [7, 11) is 0. The smallest absolute Gasteiger partial charge is 0.373 e. The average molecular weight is 157 g/mol. The summed E-state index contributed by atoms with van der Waals surface area (Å²) in [4.78, 5) is 0. The van der Waals surface area contributed by atoms with Crippen molar-refractivity contribution in [1.29, 1.82) is 0 Å². The molecular weight excluding hydrogens is 152 g/mol. The quantitative estimate of drug-likeness (QED) is 0.449. The largest absolute Gasteiger partial charge is 0.378 e. The van der Waals surface area contributed by atoms with Crippen LogP contribution in [0, 0.1) is 6.43 Å². The standard InChI is InChI=1S/C5H5F4O/c6-4(7)5(8,9)1-3-2-10-3/h3H,1-2H2. The number of hydrogen-bond acceptors (Lipinski definition) is 1. The highest BCUT2D eigenvalue weighted by molar-refractivity contribution is 4.88. The predicted octanol–water partition coefficient (Wildman–Crippen LogP) is 1.84. The zero-order valence-corrected chi connectivity index (χ0v) is 4.91. The van der Waals surface area contributed by atoms with Gasteiger partial charge in [0.1, 0.15) is 0 Å². The fourth-order valence-corrected chi connectivity index (χ4v) is 0.549. The van der Waals surface area contributed by atoms with E-state index >= 15 is 0 Å². The van der Waals surface area contributed by atoms with Crippen LogP contribution in [0.25, 0.3) is 0 Å². The van der Waals surface area contributed by atoms with Crippen molar-refractivity contribution in [2.75, 3.05) is 6.61 Å². The Labute approximate surface area is 55.0 Å². The molecule has 0 aromatic carbocycles. The molecule has 5 heteroatoms. The summed E-state index contributed by atoms with van der Waals surface area (Å²) in [5.41, 5.74) is 0. The SMILES string of the molecule is F[C](F)C(F)(F)CC1CO1. The van der Waals surface area contributed by atoms with E-state index in [9.17, 15) is 17.6 Å². The first-order chi connectivity index (χ1) is 4.52. The summed E-state index contributed by atoms with van der Waals surface area (Å²) in [6, 6.07) is 0. The van der Waals surface area contributed by atoms with Crippen LogP contribution in [0.15, 0.2) is 0 Å². The maximum Gasteiger partial charge on any atom is 0.378 e. The minimum Gasteiger partial charge on any atom is -0.373 e. The van der Waals surface area contributed by atoms with Crippen LogP contribution in [0.5, 0.6) is 0 Å². The molecule has 1 aliphatic heterocycles. The molecule has 1 unspecified atom stereocenters. The van der Waals surface area contributed by atoms with E-state index in [4.69, 9.17) is 0 Å². The fraction of sp³-hybridized carbons (Fsp3) is 0.800. The number of halogens is 4. The molecule has 1 radical (unpaired) electrons. The van der Waals surface area contributed by atoms with Crippen LogP contribution in [0.4, 0.5) is 17.6 Å². The highest BCUT2D eigenvalue weighted by Gasteiger charge is 2.47. The van der Waals surface area contributed by atoms with Gasteiger partial charge in [0, 0.05) is 6.42 Å². The molecule has 0 bridgehead atoms. The number of rotatable bonds is 3. The molecule has 1 aliphatic rings. The van der Waals surface area contributed by atoms with Crippen LogP contribution < -0.4 is 0 Å². The Balaban J connectivity index is 2.33. The van der Waals surface area contributed by atoms with E-state index in [0.29, 0.717) is 0 Å². The normalized spacial score (nSPS) is 25.5. The Morgan fingerprint density at radius 1 is 1.50 bits per heavy atom. The van der Waals surface area contributed by atoms with Crippen LogP contribution >= 0.6 is 0 Å². The molecule has 0 amide bonds. The molecule has 1 atom stereocenters. The van der Waals surface area contributed by atoms with E-state index in [1.54, 1.807) is 0 Å². The lowest BCUT2D eigenvalue weighted by Gasteiger charge is -2.10. The molecule has 0 aromatic rings. The molecule has 0 aliphatic carbocycles. The van der Waals surface area contributed by atoms with Gasteiger partial charge in [-0.15, -0.1) is 0 Å². The first-order valence-electron chi connectivity index (χ1n) is 2.70. The van der Waals surface area contributed by atoms with Crippen LogP contribution in [0.2, 0.25) is 0 Å². The van der Waals surface area contributed by atoms with E-state index in [1.165, 1.54) is 0 Å². The van der Waals surface area contributed by atoms with Gasteiger partial charge in [-0.05, 0) is 0 Å². The maximum absolute atomic E-state index is 12.0. The topological polar surface area (TPSA) is 12.5 Å². The summed E-state index contributed by atoms with van der Waals surface area (Å²) < 4.78 is 50.9. The Hall–Kier alpha value is -0.320. The van der Waals surface area contributed by atoms with Crippen molar-refractivity contribution in [2.24, 2.45) is 0 Å². The van der Waals surface area contributed by atoms with E-state index in [2.05, 4.69) is 4.74 Å². The Kier molecular flexibility index (Phi) is 1.85. The molecule has 1 heterocycles. The summed E-state index contributed by atoms with van der Waals surface area (Å²) in [5, 5.41) is 0. The third-order valence-electron chi connectivity index (χ3n) is 1.16. The minimum atomic E-state index is -3.96. The third-order valence-corrected chi connectivity index (χ3v) is 1.16. The Morgan fingerprint density at radius 2 is 2.00 bits per heavy atom. The van der Waals surface area contributed by atoms with Crippen LogP contribution in [0.3, 0.4) is 0 Å². The maximum atomic E-state index is 12.0. The van der Waals surface area contributed by atoms with E-state index in [1.807, 2.05) is 0 Å². The van der Waals surface area contributed by atoms with Gasteiger partial charge in [-0.1, -0.05) is 0 Å². The zero-order valence-electron chi connectivity index (χ0n) is 4.91. The number of hydrogen-bond donors (Lipinski definition) is 0. The average Bonchev–Trinajstić information content (AvgIpc) is 2.48. The van der Waals surface area contributed by atoms with Crippen LogP contribution in [-0.4, -0.2) is 18.6 Å². The molecule has 1 nitrogen and oxygen atoms in total.